The Morgan fingerprint density at radius 2 is 1.32 bits per heavy atom. The molecule has 0 atom stereocenters. The highest BCUT2D eigenvalue weighted by atomic mass is 35.5. The second kappa shape index (κ2) is 7.73. The highest BCUT2D eigenvalue weighted by Crippen LogP contribution is 2.21. The molecule has 0 spiro atoms. The molecule has 0 saturated heterocycles. The van der Waals surface area contributed by atoms with Gasteiger partial charge in [-0.05, 0) is 72.8 Å². The second-order valence-electron chi connectivity index (χ2n) is 5.39. The summed E-state index contributed by atoms with van der Waals surface area (Å²) in [6.07, 6.45) is 0. The van der Waals surface area contributed by atoms with E-state index in [0.29, 0.717) is 16.3 Å². The third-order valence-corrected chi connectivity index (χ3v) is 3.88. The number of nitrogens with one attached hydrogen (secondary N) is 2. The monoisotopic (exact) mass is 352 g/mol. The molecule has 2 N–H and O–H groups in total. The lowest BCUT2D eigenvalue weighted by Crippen LogP contribution is -2.11. The van der Waals surface area contributed by atoms with Gasteiger partial charge in [0.05, 0.1) is 7.11 Å². The van der Waals surface area contributed by atoms with Crippen LogP contribution < -0.4 is 15.4 Å². The predicted molar refractivity (Wildman–Crippen MR) is 102 cm³/mol. The number of halogens is 1. The fourth-order valence-electron chi connectivity index (χ4n) is 2.28. The molecular weight excluding hydrogens is 336 g/mol. The Morgan fingerprint density at radius 3 is 1.88 bits per heavy atom. The molecule has 0 heterocycles. The molecule has 3 aromatic carbocycles. The van der Waals surface area contributed by atoms with Crippen LogP contribution in [0.4, 0.5) is 17.1 Å². The van der Waals surface area contributed by atoms with Gasteiger partial charge in [0.2, 0.25) is 0 Å². The van der Waals surface area contributed by atoms with Gasteiger partial charge in [-0.25, -0.2) is 0 Å². The summed E-state index contributed by atoms with van der Waals surface area (Å²) in [5.41, 5.74) is 3.16. The number of amides is 1. The first-order valence-electron chi connectivity index (χ1n) is 7.72. The smallest absolute Gasteiger partial charge is 0.255 e. The Hall–Kier alpha value is -2.98. The molecule has 1 amide bonds. The van der Waals surface area contributed by atoms with Crippen molar-refractivity contribution in [1.82, 2.24) is 0 Å². The molecule has 0 saturated carbocycles. The minimum Gasteiger partial charge on any atom is -0.497 e. The maximum Gasteiger partial charge on any atom is 0.255 e. The fourth-order valence-corrected chi connectivity index (χ4v) is 2.41. The summed E-state index contributed by atoms with van der Waals surface area (Å²) >= 11 is 5.88. The summed E-state index contributed by atoms with van der Waals surface area (Å²) in [4.78, 5) is 12.2. The van der Waals surface area contributed by atoms with Crippen molar-refractivity contribution < 1.29 is 9.53 Å². The van der Waals surface area contributed by atoms with E-state index in [-0.39, 0.29) is 5.91 Å². The average Bonchev–Trinajstić information content (AvgIpc) is 2.65. The SMILES string of the molecule is COc1ccc(C(=O)Nc2ccc(Nc3ccc(Cl)cc3)cc2)cc1. The summed E-state index contributed by atoms with van der Waals surface area (Å²) in [6, 6.07) is 21.9. The van der Waals surface area contributed by atoms with E-state index in [0.717, 1.165) is 17.1 Å². The van der Waals surface area contributed by atoms with Gasteiger partial charge in [0, 0.05) is 27.6 Å². The Bertz CT molecular complexity index is 844. The van der Waals surface area contributed by atoms with Crippen molar-refractivity contribution in [2.45, 2.75) is 0 Å². The number of anilines is 3. The second-order valence-corrected chi connectivity index (χ2v) is 5.83. The number of hydrogen-bond acceptors (Lipinski definition) is 3. The standard InChI is InChI=1S/C20H17ClN2O2/c1-25-19-12-2-14(3-13-19)20(24)23-18-10-8-17(9-11-18)22-16-6-4-15(21)5-7-16/h2-13,22H,1H3,(H,23,24). The summed E-state index contributed by atoms with van der Waals surface area (Å²) in [5, 5.41) is 6.84. The van der Waals surface area contributed by atoms with Crippen molar-refractivity contribution in [2.75, 3.05) is 17.7 Å². The van der Waals surface area contributed by atoms with Crippen LogP contribution in [0.2, 0.25) is 5.02 Å². The van der Waals surface area contributed by atoms with E-state index in [9.17, 15) is 4.79 Å². The van der Waals surface area contributed by atoms with E-state index in [1.807, 2.05) is 48.5 Å². The maximum atomic E-state index is 12.2. The Morgan fingerprint density at radius 1 is 0.800 bits per heavy atom. The topological polar surface area (TPSA) is 50.4 Å². The highest BCUT2D eigenvalue weighted by molar-refractivity contribution is 6.30. The average molecular weight is 353 g/mol. The number of rotatable bonds is 5. The number of benzene rings is 3. The van der Waals surface area contributed by atoms with E-state index in [1.165, 1.54) is 0 Å². The van der Waals surface area contributed by atoms with Crippen LogP contribution in [0.15, 0.2) is 72.8 Å². The number of methoxy groups -OCH3 is 1. The summed E-state index contributed by atoms with van der Waals surface area (Å²) < 4.78 is 5.09. The Labute approximate surface area is 151 Å². The summed E-state index contributed by atoms with van der Waals surface area (Å²) in [7, 11) is 1.59. The van der Waals surface area contributed by atoms with Crippen molar-refractivity contribution in [1.29, 1.82) is 0 Å². The zero-order chi connectivity index (χ0) is 17.6. The third kappa shape index (κ3) is 4.52. The first-order valence-corrected chi connectivity index (χ1v) is 8.10. The van der Waals surface area contributed by atoms with Crippen LogP contribution in [0, 0.1) is 0 Å². The molecule has 0 aliphatic heterocycles. The first-order chi connectivity index (χ1) is 12.1. The van der Waals surface area contributed by atoms with Crippen LogP contribution >= 0.6 is 11.6 Å². The van der Waals surface area contributed by atoms with Gasteiger partial charge in [0.25, 0.3) is 5.91 Å². The Balaban J connectivity index is 1.63. The van der Waals surface area contributed by atoms with Gasteiger partial charge in [0.15, 0.2) is 0 Å². The molecular formula is C20H17ClN2O2. The van der Waals surface area contributed by atoms with Gasteiger partial charge in [-0.2, -0.15) is 0 Å². The lowest BCUT2D eigenvalue weighted by molar-refractivity contribution is 0.102. The van der Waals surface area contributed by atoms with E-state index >= 15 is 0 Å². The van der Waals surface area contributed by atoms with Gasteiger partial charge in [-0.1, -0.05) is 11.6 Å². The van der Waals surface area contributed by atoms with E-state index in [4.69, 9.17) is 16.3 Å². The molecule has 0 radical (unpaired) electrons. The molecule has 3 aromatic rings. The molecule has 0 fully saturated rings. The van der Waals surface area contributed by atoms with Crippen molar-refractivity contribution in [3.05, 3.63) is 83.4 Å². The van der Waals surface area contributed by atoms with Crippen LogP contribution in [0.25, 0.3) is 0 Å². The number of carbonyl (C=O) groups is 1. The van der Waals surface area contributed by atoms with E-state index in [2.05, 4.69) is 10.6 Å². The van der Waals surface area contributed by atoms with Crippen molar-refractivity contribution >= 4 is 34.6 Å². The zero-order valence-corrected chi connectivity index (χ0v) is 14.4. The molecule has 0 unspecified atom stereocenters. The molecule has 126 valence electrons. The minimum atomic E-state index is -0.166. The van der Waals surface area contributed by atoms with Gasteiger partial charge < -0.3 is 15.4 Å². The zero-order valence-electron chi connectivity index (χ0n) is 13.6. The normalized spacial score (nSPS) is 10.2. The third-order valence-electron chi connectivity index (χ3n) is 3.63. The summed E-state index contributed by atoms with van der Waals surface area (Å²) in [6.45, 7) is 0. The molecule has 0 bridgehead atoms. The van der Waals surface area contributed by atoms with Crippen LogP contribution in [0.5, 0.6) is 5.75 Å². The number of hydrogen-bond donors (Lipinski definition) is 2. The van der Waals surface area contributed by atoms with Gasteiger partial charge in [-0.3, -0.25) is 4.79 Å². The van der Waals surface area contributed by atoms with Crippen LogP contribution in [0.1, 0.15) is 10.4 Å². The first kappa shape index (κ1) is 16.9. The molecule has 3 rings (SSSR count). The lowest BCUT2D eigenvalue weighted by atomic mass is 10.2. The highest BCUT2D eigenvalue weighted by Gasteiger charge is 2.06. The predicted octanol–water partition coefficient (Wildman–Crippen LogP) is 5.34. The Kier molecular flexibility index (Phi) is 5.21. The van der Waals surface area contributed by atoms with Gasteiger partial charge >= 0.3 is 0 Å². The van der Waals surface area contributed by atoms with Crippen LogP contribution in [-0.4, -0.2) is 13.0 Å². The minimum absolute atomic E-state index is 0.166. The van der Waals surface area contributed by atoms with Crippen molar-refractivity contribution in [3.63, 3.8) is 0 Å². The molecule has 0 aliphatic rings. The molecule has 4 nitrogen and oxygen atoms in total. The summed E-state index contributed by atoms with van der Waals surface area (Å²) in [5.74, 6) is 0.551. The van der Waals surface area contributed by atoms with Crippen LogP contribution in [-0.2, 0) is 0 Å². The molecule has 0 aliphatic carbocycles. The molecule has 0 aromatic heterocycles. The maximum absolute atomic E-state index is 12.2. The van der Waals surface area contributed by atoms with Crippen molar-refractivity contribution in [2.24, 2.45) is 0 Å². The fraction of sp³-hybridized carbons (Fsp3) is 0.0500. The van der Waals surface area contributed by atoms with Crippen LogP contribution in [0.3, 0.4) is 0 Å². The lowest BCUT2D eigenvalue weighted by Gasteiger charge is -2.09. The number of carbonyl (C=O) groups excluding carboxylic acids is 1. The van der Waals surface area contributed by atoms with Gasteiger partial charge in [-0.15, -0.1) is 0 Å². The van der Waals surface area contributed by atoms with Gasteiger partial charge in [0.1, 0.15) is 5.75 Å². The van der Waals surface area contributed by atoms with E-state index in [1.54, 1.807) is 31.4 Å². The number of ether oxygens (including phenoxy) is 1. The molecule has 25 heavy (non-hydrogen) atoms. The quantitative estimate of drug-likeness (QED) is 0.651. The molecule has 5 heteroatoms. The largest absolute Gasteiger partial charge is 0.497 e. The van der Waals surface area contributed by atoms with Crippen molar-refractivity contribution in [3.8, 4) is 5.75 Å². The van der Waals surface area contributed by atoms with E-state index < -0.39 is 0 Å².